The molecule has 3 unspecified atom stereocenters. The molecule has 0 radical (unpaired) electrons. The number of hydrogen-bond donors (Lipinski definition) is 20. The van der Waals surface area contributed by atoms with Crippen molar-refractivity contribution in [3.63, 3.8) is 0 Å². The first-order valence-corrected chi connectivity index (χ1v) is 33.8. The van der Waals surface area contributed by atoms with Crippen LogP contribution in [0.2, 0.25) is 0 Å². The van der Waals surface area contributed by atoms with E-state index in [1.165, 1.54) is 0 Å². The van der Waals surface area contributed by atoms with Gasteiger partial charge in [-0.2, -0.15) is 0 Å². The Morgan fingerprint density at radius 2 is 1.17 bits per heavy atom. The summed E-state index contributed by atoms with van der Waals surface area (Å²) in [5.41, 5.74) is -7.27. The smallest absolute Gasteiger partial charge is 0.317 e. The quantitative estimate of drug-likeness (QED) is 0.0366. The van der Waals surface area contributed by atoms with Crippen LogP contribution in [0.15, 0.2) is 11.6 Å². The molecule has 10 fully saturated rings. The van der Waals surface area contributed by atoms with E-state index in [0.29, 0.717) is 32.1 Å². The minimum atomic E-state index is -2.08. The van der Waals surface area contributed by atoms with E-state index >= 15 is 4.79 Å². The van der Waals surface area contributed by atoms with Crippen LogP contribution in [0.4, 0.5) is 0 Å². The molecule has 5 heterocycles. The lowest BCUT2D eigenvalue weighted by Crippen LogP contribution is -2.72. The molecule has 6 aliphatic carbocycles. The second kappa shape index (κ2) is 27.9. The van der Waals surface area contributed by atoms with Gasteiger partial charge in [0.1, 0.15) is 115 Å². The molecule has 32 nitrogen and oxygen atoms in total. The van der Waals surface area contributed by atoms with Crippen molar-refractivity contribution in [3.8, 4) is 0 Å². The van der Waals surface area contributed by atoms with Crippen LogP contribution >= 0.6 is 0 Å². The lowest BCUT2D eigenvalue weighted by atomic mass is 9.33. The Morgan fingerprint density at radius 3 is 1.81 bits per heavy atom. The SMILES string of the molecule is C[C@H]1C[C@H](O[C@@H]2[C@@H](OC(=O)[C@@]34CCC(C)(C)CC3C3=CCC5[C@]6(C)C[C@@H](O)[C@@H](O[C@H]7O[C@@H](CO)[C@H](O)[C@@H](O[C@H]8O[C@@H](CO)[C@H](O)[C@@H](O)[C@@H]8O)[C@@H]7O)C(CO)(CO)C6CC[C@]5(C)[C@@]3(C)C[C@@H]4O)OC[C@@H](O)[C@H]2O)[C@@H](O)[C@@H](O)[C@@H]1O[C@@H]1OC[C@H](O)[C@@H](O[C@H]2OC[C@](O)(CO)[C@H]2O)[C@@H]1O. The van der Waals surface area contributed by atoms with Crippen molar-refractivity contribution in [3.05, 3.63) is 11.6 Å². The Labute approximate surface area is 554 Å². The molecule has 36 atom stereocenters. The predicted molar refractivity (Wildman–Crippen MR) is 317 cm³/mol. The number of hydrogen-bond acceptors (Lipinski definition) is 32. The van der Waals surface area contributed by atoms with E-state index < -0.39 is 275 Å². The molecular weight excluding hydrogens is 1280 g/mol. The van der Waals surface area contributed by atoms with Crippen molar-refractivity contribution in [2.45, 2.75) is 271 Å². The van der Waals surface area contributed by atoms with Crippen molar-refractivity contribution < 1.29 is 159 Å². The van der Waals surface area contributed by atoms with Crippen molar-refractivity contribution in [2.24, 2.45) is 56.2 Å². The van der Waals surface area contributed by atoms with E-state index in [2.05, 4.69) is 33.8 Å². The highest BCUT2D eigenvalue weighted by Gasteiger charge is 2.74. The molecule has 0 aromatic carbocycles. The highest BCUT2D eigenvalue weighted by atomic mass is 16.8. The van der Waals surface area contributed by atoms with Gasteiger partial charge in [-0.25, -0.2) is 0 Å². The van der Waals surface area contributed by atoms with Crippen molar-refractivity contribution in [2.75, 3.05) is 52.9 Å². The monoisotopic (exact) mass is 1380 g/mol. The number of esters is 1. The van der Waals surface area contributed by atoms with Crippen LogP contribution in [0.25, 0.3) is 0 Å². The molecular formula is C64H104O32. The van der Waals surface area contributed by atoms with Crippen molar-refractivity contribution in [1.82, 2.24) is 0 Å². The van der Waals surface area contributed by atoms with Crippen LogP contribution < -0.4 is 0 Å². The number of aliphatic hydroxyl groups is 20. The number of aliphatic hydroxyl groups excluding tert-OH is 19. The molecule has 5 saturated carbocycles. The zero-order valence-corrected chi connectivity index (χ0v) is 54.8. The van der Waals surface area contributed by atoms with Gasteiger partial charge in [0.25, 0.3) is 0 Å². The first kappa shape index (κ1) is 75.2. The summed E-state index contributed by atoms with van der Waals surface area (Å²) in [4.78, 5) is 15.6. The molecule has 552 valence electrons. The van der Waals surface area contributed by atoms with E-state index in [-0.39, 0.29) is 37.0 Å². The van der Waals surface area contributed by atoms with Crippen LogP contribution in [0.1, 0.15) is 99.3 Å². The van der Waals surface area contributed by atoms with E-state index in [1.807, 2.05) is 6.92 Å². The van der Waals surface area contributed by atoms with Gasteiger partial charge in [-0.05, 0) is 103 Å². The van der Waals surface area contributed by atoms with Gasteiger partial charge in [0, 0.05) is 5.41 Å². The molecule has 11 rings (SSSR count). The Kier molecular flexibility index (Phi) is 21.8. The normalized spacial score (nSPS) is 54.0. The largest absolute Gasteiger partial charge is 0.432 e. The van der Waals surface area contributed by atoms with Crippen LogP contribution in [-0.2, 0) is 56.9 Å². The fourth-order valence-corrected chi connectivity index (χ4v) is 19.4. The predicted octanol–water partition coefficient (Wildman–Crippen LogP) is -6.89. The van der Waals surface area contributed by atoms with Gasteiger partial charge in [0.05, 0.1) is 83.4 Å². The van der Waals surface area contributed by atoms with Gasteiger partial charge >= 0.3 is 5.97 Å². The summed E-state index contributed by atoms with van der Waals surface area (Å²) in [6.07, 6.45) is -40.6. The molecule has 5 aliphatic heterocycles. The third kappa shape index (κ3) is 12.3. The molecule has 0 aromatic rings. The standard InChI is InChI=1S/C64H104O32/c1-25-13-31(38(75)42(79)46(25)92-52-44(81)47(30(72)20-86-52)93-56-50(83)63(85,23-69)24-88-56)89-49-37(74)29(71)19-87-55(49)96-57(84)64-12-11-58(2,3)14-27(64)26-7-8-34-59(4)15-28(70)51(62(21-67,22-68)35(59)9-10-60(34,5)61(26,6)16-36(64)73)95-54-45(82)48(40(77)33(18-66)91-54)94-53-43(80)41(78)39(76)32(17-65)90-53/h7,25,27-56,65-83,85H,8-24H2,1-6H3/t25-,27?,28+,29+,30-,31-,32-,33-,34?,35?,36-,37+,38+,39-,40-,41+,42+,43-,44-,45-,46+,47+,48+,49-,50-,51+,52-,53+,54+,55+,56+,59-,60-,61-,63+,64-/m0/s1. The Bertz CT molecular complexity index is 2710. The third-order valence-corrected chi connectivity index (χ3v) is 25.2. The molecule has 11 aliphatic rings. The number of ether oxygens (including phenoxy) is 11. The Morgan fingerprint density at radius 1 is 0.552 bits per heavy atom. The van der Waals surface area contributed by atoms with E-state index in [1.54, 1.807) is 6.92 Å². The van der Waals surface area contributed by atoms with Gasteiger partial charge in [0.2, 0.25) is 6.29 Å². The fraction of sp³-hybridized carbons (Fsp3) is 0.953. The summed E-state index contributed by atoms with van der Waals surface area (Å²) < 4.78 is 64.9. The Hall–Kier alpha value is -1.99. The molecule has 5 saturated heterocycles. The van der Waals surface area contributed by atoms with Crippen molar-refractivity contribution in [1.29, 1.82) is 0 Å². The number of carbonyl (C=O) groups excluding carboxylic acids is 1. The number of fused-ring (bicyclic) bond motifs is 7. The summed E-state index contributed by atoms with van der Waals surface area (Å²) in [6, 6.07) is 0. The zero-order chi connectivity index (χ0) is 70.1. The van der Waals surface area contributed by atoms with Gasteiger partial charge in [-0.1, -0.05) is 53.2 Å². The summed E-state index contributed by atoms with van der Waals surface area (Å²) in [5, 5.41) is 223. The summed E-state index contributed by atoms with van der Waals surface area (Å²) in [7, 11) is 0. The summed E-state index contributed by atoms with van der Waals surface area (Å²) in [5.74, 6) is -3.17. The first-order chi connectivity index (χ1) is 45.1. The second-order valence-electron chi connectivity index (χ2n) is 31.2. The maximum atomic E-state index is 15.6. The topological polar surface area (TPSA) is 523 Å². The lowest BCUT2D eigenvalue weighted by molar-refractivity contribution is -0.377. The fourth-order valence-electron chi connectivity index (χ4n) is 19.4. The zero-order valence-electron chi connectivity index (χ0n) is 54.8. The summed E-state index contributed by atoms with van der Waals surface area (Å²) in [6.45, 7) is 6.46. The second-order valence-corrected chi connectivity index (χ2v) is 31.2. The molecule has 96 heavy (non-hydrogen) atoms. The minimum Gasteiger partial charge on any atom is -0.432 e. The molecule has 0 aromatic heterocycles. The maximum Gasteiger partial charge on any atom is 0.317 e. The third-order valence-electron chi connectivity index (χ3n) is 25.2. The number of carbonyl (C=O) groups is 1. The van der Waals surface area contributed by atoms with Gasteiger partial charge in [-0.15, -0.1) is 0 Å². The number of allylic oxidation sites excluding steroid dienone is 2. The van der Waals surface area contributed by atoms with Crippen LogP contribution in [0.3, 0.4) is 0 Å². The Balaban J connectivity index is 0.804. The van der Waals surface area contributed by atoms with E-state index in [9.17, 15) is 102 Å². The van der Waals surface area contributed by atoms with Gasteiger partial charge in [0.15, 0.2) is 25.2 Å². The summed E-state index contributed by atoms with van der Waals surface area (Å²) >= 11 is 0. The molecule has 0 spiro atoms. The average Bonchev–Trinajstić information content (AvgIpc) is 0.691. The molecule has 0 amide bonds. The molecule has 0 bridgehead atoms. The van der Waals surface area contributed by atoms with Crippen molar-refractivity contribution >= 4 is 5.97 Å². The van der Waals surface area contributed by atoms with Crippen LogP contribution in [0, 0.1) is 56.2 Å². The van der Waals surface area contributed by atoms with Gasteiger partial charge in [-0.3, -0.25) is 4.79 Å². The van der Waals surface area contributed by atoms with Crippen LogP contribution in [0.5, 0.6) is 0 Å². The van der Waals surface area contributed by atoms with Gasteiger partial charge < -0.3 is 154 Å². The lowest BCUT2D eigenvalue weighted by Gasteiger charge is -2.72. The first-order valence-electron chi connectivity index (χ1n) is 33.8. The van der Waals surface area contributed by atoms with Crippen LogP contribution in [-0.4, -0.2) is 332 Å². The van der Waals surface area contributed by atoms with E-state index in [0.717, 1.165) is 5.57 Å². The average molecular weight is 1390 g/mol. The highest BCUT2D eigenvalue weighted by Crippen LogP contribution is 2.76. The van der Waals surface area contributed by atoms with E-state index in [4.69, 9.17) is 52.1 Å². The number of rotatable bonds is 17. The maximum absolute atomic E-state index is 15.6. The molecule has 32 heteroatoms. The molecule has 20 N–H and O–H groups in total. The minimum absolute atomic E-state index is 0.0146. The highest BCUT2D eigenvalue weighted by molar-refractivity contribution is 5.80.